The fourth-order valence-corrected chi connectivity index (χ4v) is 1.13. The second-order valence-electron chi connectivity index (χ2n) is 2.46. The van der Waals surface area contributed by atoms with Gasteiger partial charge in [-0.05, 0) is 18.4 Å². The number of rotatable bonds is 2. The van der Waals surface area contributed by atoms with Crippen molar-refractivity contribution in [2.75, 3.05) is 6.54 Å². The Morgan fingerprint density at radius 3 is 3.00 bits per heavy atom. The molecule has 1 rings (SSSR count). The maximum atomic E-state index is 7.99. The molecule has 56 valence electrons. The van der Waals surface area contributed by atoms with Crippen LogP contribution < -0.4 is 11.1 Å². The van der Waals surface area contributed by atoms with Crippen molar-refractivity contribution in [3.63, 3.8) is 0 Å². The van der Waals surface area contributed by atoms with Gasteiger partial charge in [0.05, 0.1) is 6.17 Å². The second-order valence-corrected chi connectivity index (χ2v) is 2.46. The van der Waals surface area contributed by atoms with Crippen LogP contribution in [0.1, 0.15) is 12.8 Å². The van der Waals surface area contributed by atoms with Gasteiger partial charge in [-0.3, -0.25) is 5.32 Å². The van der Waals surface area contributed by atoms with Gasteiger partial charge < -0.3 is 5.73 Å². The highest BCUT2D eigenvalue weighted by Crippen LogP contribution is 2.08. The molecule has 1 aliphatic heterocycles. The van der Waals surface area contributed by atoms with Crippen LogP contribution in [0.15, 0.2) is 5.11 Å². The van der Waals surface area contributed by atoms with Gasteiger partial charge in [-0.25, -0.2) is 0 Å². The molecule has 0 aromatic carbocycles. The first-order valence-corrected chi connectivity index (χ1v) is 3.35. The maximum absolute atomic E-state index is 7.99. The number of hydrogen-bond donors (Lipinski definition) is 2. The van der Waals surface area contributed by atoms with Crippen LogP contribution in [0.5, 0.6) is 0 Å². The van der Waals surface area contributed by atoms with Crippen molar-refractivity contribution in [1.29, 1.82) is 0 Å². The smallest absolute Gasteiger partial charge is 0.0548 e. The van der Waals surface area contributed by atoms with E-state index in [2.05, 4.69) is 15.3 Å². The van der Waals surface area contributed by atoms with Gasteiger partial charge in [0, 0.05) is 17.5 Å². The summed E-state index contributed by atoms with van der Waals surface area (Å²) < 4.78 is 0. The van der Waals surface area contributed by atoms with Crippen molar-refractivity contribution in [2.45, 2.75) is 25.0 Å². The van der Waals surface area contributed by atoms with E-state index in [-0.39, 0.29) is 6.17 Å². The van der Waals surface area contributed by atoms with E-state index in [1.54, 1.807) is 0 Å². The molecule has 2 atom stereocenters. The van der Waals surface area contributed by atoms with Crippen molar-refractivity contribution in [3.05, 3.63) is 10.4 Å². The lowest BCUT2D eigenvalue weighted by molar-refractivity contribution is 0.554. The van der Waals surface area contributed by atoms with Crippen LogP contribution in [0.2, 0.25) is 0 Å². The third-order valence-corrected chi connectivity index (χ3v) is 1.64. The fraction of sp³-hybridized carbons (Fsp3) is 1.00. The van der Waals surface area contributed by atoms with E-state index in [1.165, 1.54) is 0 Å². The Hall–Kier alpha value is -0.770. The van der Waals surface area contributed by atoms with Crippen LogP contribution in [0.4, 0.5) is 0 Å². The SMILES string of the molecule is [N-]=[N+]=NC[C@@H]1CCC(N)N1. The van der Waals surface area contributed by atoms with Crippen LogP contribution in [0, 0.1) is 0 Å². The number of nitrogens with two attached hydrogens (primary N) is 1. The van der Waals surface area contributed by atoms with Gasteiger partial charge in [0.15, 0.2) is 0 Å². The first kappa shape index (κ1) is 7.34. The van der Waals surface area contributed by atoms with Crippen molar-refractivity contribution in [3.8, 4) is 0 Å². The van der Waals surface area contributed by atoms with Gasteiger partial charge in [0.1, 0.15) is 0 Å². The summed E-state index contributed by atoms with van der Waals surface area (Å²) in [5.41, 5.74) is 13.5. The third kappa shape index (κ3) is 1.88. The molecule has 5 nitrogen and oxygen atoms in total. The van der Waals surface area contributed by atoms with Gasteiger partial charge in [0.2, 0.25) is 0 Å². The van der Waals surface area contributed by atoms with Gasteiger partial charge in [-0.2, -0.15) is 0 Å². The molecule has 0 aromatic heterocycles. The van der Waals surface area contributed by atoms with Crippen LogP contribution in [-0.2, 0) is 0 Å². The summed E-state index contributed by atoms with van der Waals surface area (Å²) >= 11 is 0. The minimum atomic E-state index is 0.0962. The van der Waals surface area contributed by atoms with E-state index in [4.69, 9.17) is 11.3 Å². The Kier molecular flexibility index (Phi) is 2.50. The molecular weight excluding hydrogens is 130 g/mol. The molecule has 3 N–H and O–H groups in total. The topological polar surface area (TPSA) is 86.8 Å². The molecular formula is C5H11N5. The molecule has 1 fully saturated rings. The predicted octanol–water partition coefficient (Wildman–Crippen LogP) is 0.334. The van der Waals surface area contributed by atoms with E-state index >= 15 is 0 Å². The summed E-state index contributed by atoms with van der Waals surface area (Å²) in [6.07, 6.45) is 2.09. The van der Waals surface area contributed by atoms with Crippen molar-refractivity contribution < 1.29 is 0 Å². The molecule has 0 amide bonds. The summed E-state index contributed by atoms with van der Waals surface area (Å²) in [5.74, 6) is 0. The highest BCUT2D eigenvalue weighted by atomic mass is 15.2. The first-order valence-electron chi connectivity index (χ1n) is 3.35. The summed E-state index contributed by atoms with van der Waals surface area (Å²) in [5, 5.41) is 6.55. The minimum absolute atomic E-state index is 0.0962. The van der Waals surface area contributed by atoms with Crippen LogP contribution >= 0.6 is 0 Å². The number of azide groups is 1. The molecule has 1 saturated heterocycles. The summed E-state index contributed by atoms with van der Waals surface area (Å²) in [6, 6.07) is 0.297. The lowest BCUT2D eigenvalue weighted by Gasteiger charge is -2.06. The highest BCUT2D eigenvalue weighted by molar-refractivity contribution is 4.81. The van der Waals surface area contributed by atoms with E-state index in [1.807, 2.05) is 0 Å². The molecule has 0 saturated carbocycles. The fourth-order valence-electron chi connectivity index (χ4n) is 1.13. The Morgan fingerprint density at radius 1 is 1.70 bits per heavy atom. The molecule has 1 unspecified atom stereocenters. The zero-order valence-electron chi connectivity index (χ0n) is 5.70. The van der Waals surface area contributed by atoms with Crippen LogP contribution in [0.25, 0.3) is 10.4 Å². The van der Waals surface area contributed by atoms with E-state index in [9.17, 15) is 0 Å². The van der Waals surface area contributed by atoms with Crippen molar-refractivity contribution in [1.82, 2.24) is 5.32 Å². The average Bonchev–Trinajstić information content (AvgIpc) is 2.31. The predicted molar refractivity (Wildman–Crippen MR) is 38.1 cm³/mol. The Labute approximate surface area is 59.2 Å². The highest BCUT2D eigenvalue weighted by Gasteiger charge is 2.18. The Morgan fingerprint density at radius 2 is 2.50 bits per heavy atom. The lowest BCUT2D eigenvalue weighted by atomic mass is 10.2. The molecule has 0 radical (unpaired) electrons. The third-order valence-electron chi connectivity index (χ3n) is 1.64. The van der Waals surface area contributed by atoms with Crippen molar-refractivity contribution >= 4 is 0 Å². The molecule has 0 aromatic rings. The molecule has 0 bridgehead atoms. The van der Waals surface area contributed by atoms with Crippen LogP contribution in [-0.4, -0.2) is 18.8 Å². The van der Waals surface area contributed by atoms with E-state index < -0.39 is 0 Å². The van der Waals surface area contributed by atoms with E-state index in [0.717, 1.165) is 12.8 Å². The molecule has 1 aliphatic rings. The van der Waals surface area contributed by atoms with Gasteiger partial charge in [-0.1, -0.05) is 5.11 Å². The van der Waals surface area contributed by atoms with Crippen molar-refractivity contribution in [2.24, 2.45) is 10.8 Å². The molecule has 10 heavy (non-hydrogen) atoms. The molecule has 5 heteroatoms. The normalized spacial score (nSPS) is 31.7. The van der Waals surface area contributed by atoms with Gasteiger partial charge in [-0.15, -0.1) is 0 Å². The summed E-state index contributed by atoms with van der Waals surface area (Å²) in [6.45, 7) is 0.518. The van der Waals surface area contributed by atoms with Crippen LogP contribution in [0.3, 0.4) is 0 Å². The zero-order chi connectivity index (χ0) is 7.40. The maximum Gasteiger partial charge on any atom is 0.0548 e. The largest absolute Gasteiger partial charge is 0.316 e. The Bertz CT molecular complexity index is 150. The Balaban J connectivity index is 2.24. The lowest BCUT2D eigenvalue weighted by Crippen LogP contribution is -2.36. The molecule has 0 aliphatic carbocycles. The monoisotopic (exact) mass is 141 g/mol. The zero-order valence-corrected chi connectivity index (χ0v) is 5.70. The molecule has 0 spiro atoms. The number of nitrogens with one attached hydrogen (secondary N) is 1. The van der Waals surface area contributed by atoms with E-state index in [0.29, 0.717) is 12.6 Å². The standard InChI is InChI=1S/C5H11N5/c6-5-2-1-4(9-5)3-8-10-7/h4-5,9H,1-3,6H2/t4-,5?/m0/s1. The number of nitrogens with zero attached hydrogens (tertiary/aromatic N) is 3. The summed E-state index contributed by atoms with van der Waals surface area (Å²) in [4.78, 5) is 2.67. The number of hydrogen-bond acceptors (Lipinski definition) is 3. The van der Waals surface area contributed by atoms with Gasteiger partial charge in [0.25, 0.3) is 0 Å². The minimum Gasteiger partial charge on any atom is -0.316 e. The second kappa shape index (κ2) is 3.41. The van der Waals surface area contributed by atoms with Gasteiger partial charge >= 0.3 is 0 Å². The quantitative estimate of drug-likeness (QED) is 0.330. The first-order chi connectivity index (χ1) is 4.83. The summed E-state index contributed by atoms with van der Waals surface area (Å²) in [7, 11) is 0. The average molecular weight is 141 g/mol. The molecule has 1 heterocycles.